The van der Waals surface area contributed by atoms with Gasteiger partial charge in [-0.1, -0.05) is 19.9 Å². The molecule has 2 fully saturated rings. The number of rotatable bonds is 0. The molecule has 3 heteroatoms. The Bertz CT molecular complexity index is 387. The molecule has 0 bridgehead atoms. The molecule has 2 aliphatic heterocycles. The Balaban J connectivity index is 1.81. The van der Waals surface area contributed by atoms with E-state index in [0.29, 0.717) is 12.2 Å². The van der Waals surface area contributed by atoms with Crippen molar-refractivity contribution < 1.29 is 14.6 Å². The van der Waals surface area contributed by atoms with Crippen molar-refractivity contribution in [2.24, 2.45) is 5.41 Å². The second kappa shape index (κ2) is 3.81. The predicted octanol–water partition coefficient (Wildman–Crippen LogP) is 2.43. The van der Waals surface area contributed by atoms with Crippen molar-refractivity contribution in [3.63, 3.8) is 0 Å². The zero-order valence-electron chi connectivity index (χ0n) is 11.8. The van der Waals surface area contributed by atoms with E-state index in [2.05, 4.69) is 26.8 Å². The fourth-order valence-corrected chi connectivity index (χ4v) is 3.22. The van der Waals surface area contributed by atoms with E-state index in [1.165, 1.54) is 0 Å². The summed E-state index contributed by atoms with van der Waals surface area (Å²) >= 11 is 0. The maximum atomic E-state index is 10.2. The Labute approximate surface area is 109 Å². The van der Waals surface area contributed by atoms with E-state index in [4.69, 9.17) is 9.47 Å². The van der Waals surface area contributed by atoms with Crippen LogP contribution in [0.4, 0.5) is 0 Å². The smallest absolute Gasteiger partial charge is 0.0947 e. The monoisotopic (exact) mass is 252 g/mol. The van der Waals surface area contributed by atoms with Gasteiger partial charge in [-0.05, 0) is 31.3 Å². The highest BCUT2D eigenvalue weighted by Gasteiger charge is 2.60. The molecular weight excluding hydrogens is 228 g/mol. The molecule has 0 aromatic carbocycles. The van der Waals surface area contributed by atoms with E-state index in [9.17, 15) is 5.11 Å². The van der Waals surface area contributed by atoms with Crippen LogP contribution in [0.25, 0.3) is 0 Å². The Morgan fingerprint density at radius 2 is 2.06 bits per heavy atom. The molecule has 102 valence electrons. The van der Waals surface area contributed by atoms with Crippen LogP contribution < -0.4 is 0 Å². The molecule has 3 rings (SSSR count). The molecule has 2 heterocycles. The van der Waals surface area contributed by atoms with Crippen LogP contribution in [-0.4, -0.2) is 35.1 Å². The molecule has 5 atom stereocenters. The van der Waals surface area contributed by atoms with E-state index in [1.54, 1.807) is 0 Å². The summed E-state index contributed by atoms with van der Waals surface area (Å²) in [5.74, 6) is 0. The van der Waals surface area contributed by atoms with E-state index in [1.807, 2.05) is 6.92 Å². The molecule has 0 radical (unpaired) electrons. The maximum absolute atomic E-state index is 10.2. The van der Waals surface area contributed by atoms with E-state index in [-0.39, 0.29) is 23.2 Å². The summed E-state index contributed by atoms with van der Waals surface area (Å²) in [5, 5.41) is 10.2. The first-order valence-electron chi connectivity index (χ1n) is 7.00. The highest BCUT2D eigenvalue weighted by molar-refractivity contribution is 5.15. The van der Waals surface area contributed by atoms with Crippen molar-refractivity contribution >= 4 is 0 Å². The van der Waals surface area contributed by atoms with Crippen molar-refractivity contribution in [1.82, 2.24) is 0 Å². The first-order chi connectivity index (χ1) is 8.32. The predicted molar refractivity (Wildman–Crippen MR) is 69.3 cm³/mol. The average Bonchev–Trinajstić information content (AvgIpc) is 3.14. The Hall–Kier alpha value is -0.380. The van der Waals surface area contributed by atoms with Gasteiger partial charge in [-0.25, -0.2) is 0 Å². The molecule has 0 aromatic rings. The third kappa shape index (κ3) is 2.13. The van der Waals surface area contributed by atoms with Gasteiger partial charge in [0.2, 0.25) is 0 Å². The highest BCUT2D eigenvalue weighted by atomic mass is 16.6. The summed E-state index contributed by atoms with van der Waals surface area (Å²) in [7, 11) is 0. The summed E-state index contributed by atoms with van der Waals surface area (Å²) in [6.45, 7) is 8.66. The average molecular weight is 252 g/mol. The summed E-state index contributed by atoms with van der Waals surface area (Å²) in [4.78, 5) is 0. The van der Waals surface area contributed by atoms with Crippen molar-refractivity contribution in [3.05, 3.63) is 11.6 Å². The summed E-state index contributed by atoms with van der Waals surface area (Å²) in [5.41, 5.74) is 1.15. The topological polar surface area (TPSA) is 45.3 Å². The molecule has 1 N–H and O–H groups in total. The third-order valence-corrected chi connectivity index (χ3v) is 4.91. The standard InChI is InChI=1S/C15H24O3/c1-9-5-6-14(2,3)13-11(17-13)8-15(4)12(18-15)7-10(9)16/h5,10-13,16H,6-8H2,1-4H3/b9-5-/t10?,11-,12+,13+,15+/m0/s1. The second-order valence-corrected chi connectivity index (χ2v) is 7.11. The SMILES string of the molecule is C/C1=C/CC(C)(C)[C@@H]2O[C@H]2C[C@@]2(C)O[C@@H]2CC1O. The van der Waals surface area contributed by atoms with Gasteiger partial charge < -0.3 is 14.6 Å². The quantitative estimate of drug-likeness (QED) is 0.532. The van der Waals surface area contributed by atoms with Crippen LogP contribution in [0.5, 0.6) is 0 Å². The lowest BCUT2D eigenvalue weighted by molar-refractivity contribution is 0.182. The van der Waals surface area contributed by atoms with Crippen molar-refractivity contribution in [1.29, 1.82) is 0 Å². The number of hydrogen-bond acceptors (Lipinski definition) is 3. The number of fused-ring (bicyclic) bond motifs is 2. The van der Waals surface area contributed by atoms with E-state index < -0.39 is 0 Å². The summed E-state index contributed by atoms with van der Waals surface area (Å²) in [6.07, 6.45) is 5.37. The number of aliphatic hydroxyl groups excluding tert-OH is 1. The molecule has 0 amide bonds. The van der Waals surface area contributed by atoms with Gasteiger partial charge in [0.05, 0.1) is 30.0 Å². The maximum Gasteiger partial charge on any atom is 0.0947 e. The molecule has 2 saturated heterocycles. The van der Waals surface area contributed by atoms with Crippen LogP contribution in [0.3, 0.4) is 0 Å². The number of ether oxygens (including phenoxy) is 2. The van der Waals surface area contributed by atoms with Gasteiger partial charge in [0, 0.05) is 12.8 Å². The third-order valence-electron chi connectivity index (χ3n) is 4.91. The fraction of sp³-hybridized carbons (Fsp3) is 0.867. The molecule has 1 unspecified atom stereocenters. The summed E-state index contributed by atoms with van der Waals surface area (Å²) in [6, 6.07) is 0. The molecule has 3 nitrogen and oxygen atoms in total. The van der Waals surface area contributed by atoms with Crippen LogP contribution in [0.15, 0.2) is 11.6 Å². The minimum atomic E-state index is -0.358. The van der Waals surface area contributed by atoms with Gasteiger partial charge in [-0.3, -0.25) is 0 Å². The normalized spacial score (nSPS) is 53.3. The zero-order valence-corrected chi connectivity index (χ0v) is 11.8. The fourth-order valence-electron chi connectivity index (χ4n) is 3.22. The van der Waals surface area contributed by atoms with Gasteiger partial charge >= 0.3 is 0 Å². The lowest BCUT2D eigenvalue weighted by Gasteiger charge is -2.21. The van der Waals surface area contributed by atoms with Crippen LogP contribution in [0, 0.1) is 5.41 Å². The van der Waals surface area contributed by atoms with Crippen LogP contribution in [0.1, 0.15) is 47.0 Å². The highest BCUT2D eigenvalue weighted by Crippen LogP contribution is 2.51. The minimum absolute atomic E-state index is 0.0684. The largest absolute Gasteiger partial charge is 0.389 e. The lowest BCUT2D eigenvalue weighted by atomic mass is 9.82. The van der Waals surface area contributed by atoms with Gasteiger partial charge in [0.1, 0.15) is 0 Å². The van der Waals surface area contributed by atoms with Gasteiger partial charge in [0.15, 0.2) is 0 Å². The number of epoxide rings is 2. The molecule has 18 heavy (non-hydrogen) atoms. The second-order valence-electron chi connectivity index (χ2n) is 7.11. The van der Waals surface area contributed by atoms with Crippen LogP contribution in [-0.2, 0) is 9.47 Å². The van der Waals surface area contributed by atoms with E-state index >= 15 is 0 Å². The van der Waals surface area contributed by atoms with Crippen LogP contribution in [0.2, 0.25) is 0 Å². The zero-order chi connectivity index (χ0) is 13.1. The molecule has 0 aromatic heterocycles. The molecule has 3 aliphatic rings. The first-order valence-corrected chi connectivity index (χ1v) is 7.00. The van der Waals surface area contributed by atoms with E-state index in [0.717, 1.165) is 24.8 Å². The molecule has 1 aliphatic carbocycles. The van der Waals surface area contributed by atoms with Crippen molar-refractivity contribution in [2.45, 2.75) is 77.0 Å². The Kier molecular flexibility index (Phi) is 2.68. The first kappa shape index (κ1) is 12.6. The van der Waals surface area contributed by atoms with Crippen LogP contribution >= 0.6 is 0 Å². The number of aliphatic hydroxyl groups is 1. The lowest BCUT2D eigenvalue weighted by Crippen LogP contribution is -2.22. The van der Waals surface area contributed by atoms with Crippen molar-refractivity contribution in [2.75, 3.05) is 0 Å². The summed E-state index contributed by atoms with van der Waals surface area (Å²) < 4.78 is 11.7. The van der Waals surface area contributed by atoms with Gasteiger partial charge in [-0.15, -0.1) is 0 Å². The van der Waals surface area contributed by atoms with Gasteiger partial charge in [0.25, 0.3) is 0 Å². The Morgan fingerprint density at radius 3 is 2.78 bits per heavy atom. The molecular formula is C15H24O3. The number of hydrogen-bond donors (Lipinski definition) is 1. The number of allylic oxidation sites excluding steroid dienone is 1. The van der Waals surface area contributed by atoms with Gasteiger partial charge in [-0.2, -0.15) is 0 Å². The Morgan fingerprint density at radius 1 is 1.33 bits per heavy atom. The molecule has 0 saturated carbocycles. The van der Waals surface area contributed by atoms with Crippen molar-refractivity contribution in [3.8, 4) is 0 Å². The minimum Gasteiger partial charge on any atom is -0.389 e. The molecule has 0 spiro atoms.